The number of aliphatic hydroxyl groups is 1. The minimum atomic E-state index is -0.564. The van der Waals surface area contributed by atoms with Gasteiger partial charge in [0, 0.05) is 26.8 Å². The van der Waals surface area contributed by atoms with Crippen molar-refractivity contribution < 1.29 is 9.84 Å². The molecule has 0 saturated carbocycles. The molecule has 14 heavy (non-hydrogen) atoms. The predicted molar refractivity (Wildman–Crippen MR) is 53.9 cm³/mol. The highest BCUT2D eigenvalue weighted by Gasteiger charge is 2.23. The predicted octanol–water partition coefficient (Wildman–Crippen LogP) is 1.27. The quantitative estimate of drug-likeness (QED) is 0.792. The molecule has 0 saturated heterocycles. The van der Waals surface area contributed by atoms with E-state index in [2.05, 4.69) is 5.10 Å². The average molecular weight is 198 g/mol. The van der Waals surface area contributed by atoms with E-state index in [-0.39, 0.29) is 5.60 Å². The maximum Gasteiger partial charge on any atom is 0.101 e. The van der Waals surface area contributed by atoms with Gasteiger partial charge >= 0.3 is 0 Å². The van der Waals surface area contributed by atoms with E-state index >= 15 is 0 Å². The third-order valence-corrected chi connectivity index (χ3v) is 2.31. The Morgan fingerprint density at radius 2 is 2.29 bits per heavy atom. The van der Waals surface area contributed by atoms with Gasteiger partial charge < -0.3 is 9.84 Å². The summed E-state index contributed by atoms with van der Waals surface area (Å²) in [5, 5.41) is 14.0. The molecule has 80 valence electrons. The molecule has 0 aliphatic carbocycles. The van der Waals surface area contributed by atoms with Gasteiger partial charge in [-0.2, -0.15) is 5.10 Å². The van der Waals surface area contributed by atoms with Gasteiger partial charge in [-0.1, -0.05) is 0 Å². The third kappa shape index (κ3) is 2.82. The van der Waals surface area contributed by atoms with E-state index in [1.807, 2.05) is 33.2 Å². The van der Waals surface area contributed by atoms with Crippen molar-refractivity contribution in [2.24, 2.45) is 7.05 Å². The molecule has 1 aromatic heterocycles. The summed E-state index contributed by atoms with van der Waals surface area (Å²) in [7, 11) is 3.48. The number of aromatic nitrogens is 2. The molecule has 1 aromatic rings. The van der Waals surface area contributed by atoms with Crippen molar-refractivity contribution in [2.75, 3.05) is 7.11 Å². The standard InChI is InChI=1S/C10H18N2O2/c1-10(2,14-4)7-9(13)8-5-6-12(3)11-8/h5-6,9,13H,7H2,1-4H3. The van der Waals surface area contributed by atoms with E-state index in [9.17, 15) is 5.11 Å². The van der Waals surface area contributed by atoms with Crippen LogP contribution in [0.4, 0.5) is 0 Å². The summed E-state index contributed by atoms with van der Waals surface area (Å²) in [4.78, 5) is 0. The van der Waals surface area contributed by atoms with Crippen molar-refractivity contribution in [1.29, 1.82) is 0 Å². The first-order chi connectivity index (χ1) is 6.44. The zero-order chi connectivity index (χ0) is 10.8. The second kappa shape index (κ2) is 4.11. The topological polar surface area (TPSA) is 47.3 Å². The smallest absolute Gasteiger partial charge is 0.101 e. The number of methoxy groups -OCH3 is 1. The Labute approximate surface area is 84.5 Å². The minimum Gasteiger partial charge on any atom is -0.387 e. The monoisotopic (exact) mass is 198 g/mol. The van der Waals surface area contributed by atoms with Crippen LogP contribution < -0.4 is 0 Å². The van der Waals surface area contributed by atoms with Crippen LogP contribution in [-0.4, -0.2) is 27.6 Å². The summed E-state index contributed by atoms with van der Waals surface area (Å²) in [5.74, 6) is 0. The lowest BCUT2D eigenvalue weighted by atomic mass is 9.99. The maximum absolute atomic E-state index is 9.84. The molecule has 0 amide bonds. The summed E-state index contributed by atoms with van der Waals surface area (Å²) in [6.45, 7) is 3.89. The van der Waals surface area contributed by atoms with Gasteiger partial charge in [-0.15, -0.1) is 0 Å². The average Bonchev–Trinajstić information content (AvgIpc) is 2.51. The van der Waals surface area contributed by atoms with Crippen LogP contribution in [0, 0.1) is 0 Å². The maximum atomic E-state index is 9.84. The molecule has 0 aliphatic heterocycles. The van der Waals surface area contributed by atoms with E-state index in [4.69, 9.17) is 4.74 Å². The first-order valence-corrected chi connectivity index (χ1v) is 4.67. The first-order valence-electron chi connectivity index (χ1n) is 4.67. The van der Waals surface area contributed by atoms with Gasteiger partial charge in [-0.05, 0) is 19.9 Å². The summed E-state index contributed by atoms with van der Waals surface area (Å²) < 4.78 is 6.92. The van der Waals surface area contributed by atoms with Gasteiger partial charge in [0.1, 0.15) is 6.10 Å². The van der Waals surface area contributed by atoms with Crippen LogP contribution in [0.2, 0.25) is 0 Å². The second-order valence-electron chi connectivity index (χ2n) is 4.10. The molecule has 1 heterocycles. The lowest BCUT2D eigenvalue weighted by molar-refractivity contribution is -0.0211. The molecule has 0 aliphatic rings. The SMILES string of the molecule is COC(C)(C)CC(O)c1ccn(C)n1. The molecule has 4 nitrogen and oxygen atoms in total. The zero-order valence-corrected chi connectivity index (χ0v) is 9.19. The van der Waals surface area contributed by atoms with Crippen LogP contribution in [0.1, 0.15) is 32.1 Å². The Morgan fingerprint density at radius 1 is 1.64 bits per heavy atom. The molecule has 0 aromatic carbocycles. The zero-order valence-electron chi connectivity index (χ0n) is 9.19. The summed E-state index contributed by atoms with van der Waals surface area (Å²) in [6.07, 6.45) is 1.80. The normalized spacial score (nSPS) is 14.4. The lowest BCUT2D eigenvalue weighted by Crippen LogP contribution is -2.25. The molecule has 1 unspecified atom stereocenters. The van der Waals surface area contributed by atoms with Crippen molar-refractivity contribution in [3.8, 4) is 0 Å². The number of rotatable bonds is 4. The Balaban J connectivity index is 2.63. The van der Waals surface area contributed by atoms with Gasteiger partial charge in [0.2, 0.25) is 0 Å². The largest absolute Gasteiger partial charge is 0.387 e. The molecule has 0 bridgehead atoms. The number of nitrogens with zero attached hydrogens (tertiary/aromatic N) is 2. The van der Waals surface area contributed by atoms with Crippen LogP contribution in [0.25, 0.3) is 0 Å². The molecule has 0 spiro atoms. The van der Waals surface area contributed by atoms with Gasteiger partial charge in [-0.25, -0.2) is 0 Å². The fourth-order valence-electron chi connectivity index (χ4n) is 1.26. The number of aliphatic hydroxyl groups excluding tert-OH is 1. The molecule has 1 rings (SSSR count). The molecule has 0 radical (unpaired) electrons. The third-order valence-electron chi connectivity index (χ3n) is 2.31. The number of hydrogen-bond acceptors (Lipinski definition) is 3. The van der Waals surface area contributed by atoms with E-state index < -0.39 is 6.10 Å². The fourth-order valence-corrected chi connectivity index (χ4v) is 1.26. The van der Waals surface area contributed by atoms with Gasteiger partial charge in [0.05, 0.1) is 11.3 Å². The Hall–Kier alpha value is -0.870. The van der Waals surface area contributed by atoms with Gasteiger partial charge in [-0.3, -0.25) is 4.68 Å². The molecule has 1 atom stereocenters. The van der Waals surface area contributed by atoms with Crippen molar-refractivity contribution >= 4 is 0 Å². The highest BCUT2D eigenvalue weighted by molar-refractivity contribution is 5.03. The van der Waals surface area contributed by atoms with Crippen molar-refractivity contribution in [1.82, 2.24) is 9.78 Å². The van der Waals surface area contributed by atoms with E-state index in [1.165, 1.54) is 0 Å². The van der Waals surface area contributed by atoms with Crippen molar-refractivity contribution in [3.63, 3.8) is 0 Å². The molecule has 0 fully saturated rings. The van der Waals surface area contributed by atoms with Gasteiger partial charge in [0.25, 0.3) is 0 Å². The summed E-state index contributed by atoms with van der Waals surface area (Å²) >= 11 is 0. The van der Waals surface area contributed by atoms with E-state index in [0.717, 1.165) is 0 Å². The van der Waals surface area contributed by atoms with Crippen LogP contribution in [0.15, 0.2) is 12.3 Å². The highest BCUT2D eigenvalue weighted by atomic mass is 16.5. The molecular weight excluding hydrogens is 180 g/mol. The number of ether oxygens (including phenoxy) is 1. The van der Waals surface area contributed by atoms with Gasteiger partial charge in [0.15, 0.2) is 0 Å². The second-order valence-corrected chi connectivity index (χ2v) is 4.10. The Morgan fingerprint density at radius 3 is 2.71 bits per heavy atom. The van der Waals surface area contributed by atoms with E-state index in [0.29, 0.717) is 12.1 Å². The first kappa shape index (κ1) is 11.2. The van der Waals surface area contributed by atoms with E-state index in [1.54, 1.807) is 11.8 Å². The Kier molecular flexibility index (Phi) is 3.29. The van der Waals surface area contributed by atoms with Crippen LogP contribution in [0.3, 0.4) is 0 Å². The molecule has 4 heteroatoms. The van der Waals surface area contributed by atoms with Crippen molar-refractivity contribution in [3.05, 3.63) is 18.0 Å². The fraction of sp³-hybridized carbons (Fsp3) is 0.700. The number of aryl methyl sites for hydroxylation is 1. The number of hydrogen-bond donors (Lipinski definition) is 1. The van der Waals surface area contributed by atoms with Crippen LogP contribution in [0.5, 0.6) is 0 Å². The summed E-state index contributed by atoms with van der Waals surface area (Å²) in [6, 6.07) is 1.82. The molecular formula is C10H18N2O2. The van der Waals surface area contributed by atoms with Crippen molar-refractivity contribution in [2.45, 2.75) is 32.0 Å². The Bertz CT molecular complexity index is 294. The lowest BCUT2D eigenvalue weighted by Gasteiger charge is -2.24. The highest BCUT2D eigenvalue weighted by Crippen LogP contribution is 2.24. The summed E-state index contributed by atoms with van der Waals surface area (Å²) in [5.41, 5.74) is 0.370. The minimum absolute atomic E-state index is 0.322. The van der Waals surface area contributed by atoms with Crippen LogP contribution >= 0.6 is 0 Å². The van der Waals surface area contributed by atoms with Crippen LogP contribution in [-0.2, 0) is 11.8 Å². The molecule has 1 N–H and O–H groups in total.